The Morgan fingerprint density at radius 1 is 1.19 bits per heavy atom. The second kappa shape index (κ2) is 7.23. The van der Waals surface area contributed by atoms with Gasteiger partial charge in [-0.3, -0.25) is 9.69 Å². The maximum Gasteiger partial charge on any atom is 0.239 e. The SMILES string of the molecule is CC1CCN(C(C)C(=O)N2CCc3onc(-c4ccccc4)c3C2)CC1. The molecule has 2 aromatic rings. The first-order valence-corrected chi connectivity index (χ1v) is 9.69. The number of piperidine rings is 1. The molecule has 1 fully saturated rings. The van der Waals surface area contributed by atoms with Gasteiger partial charge >= 0.3 is 0 Å². The summed E-state index contributed by atoms with van der Waals surface area (Å²) in [5.41, 5.74) is 2.98. The maximum atomic E-state index is 13.1. The quantitative estimate of drug-likeness (QED) is 0.849. The number of fused-ring (bicyclic) bond motifs is 1. The van der Waals surface area contributed by atoms with E-state index >= 15 is 0 Å². The number of rotatable bonds is 3. The van der Waals surface area contributed by atoms with Crippen LogP contribution in [0.2, 0.25) is 0 Å². The zero-order valence-electron chi connectivity index (χ0n) is 15.6. The van der Waals surface area contributed by atoms with E-state index in [-0.39, 0.29) is 11.9 Å². The molecule has 1 aromatic heterocycles. The summed E-state index contributed by atoms with van der Waals surface area (Å²) in [4.78, 5) is 17.4. The molecular formula is C21H27N3O2. The summed E-state index contributed by atoms with van der Waals surface area (Å²) in [7, 11) is 0. The Balaban J connectivity index is 1.49. The van der Waals surface area contributed by atoms with Crippen molar-refractivity contribution in [3.05, 3.63) is 41.7 Å². The van der Waals surface area contributed by atoms with Crippen molar-refractivity contribution < 1.29 is 9.32 Å². The number of amides is 1. The molecular weight excluding hydrogens is 326 g/mol. The topological polar surface area (TPSA) is 49.6 Å². The lowest BCUT2D eigenvalue weighted by Crippen LogP contribution is -2.50. The molecule has 0 bridgehead atoms. The molecule has 0 spiro atoms. The molecule has 1 saturated heterocycles. The number of nitrogens with zero attached hydrogens (tertiary/aromatic N) is 3. The van der Waals surface area contributed by atoms with Crippen LogP contribution in [0, 0.1) is 5.92 Å². The maximum absolute atomic E-state index is 13.1. The number of hydrogen-bond acceptors (Lipinski definition) is 4. The Morgan fingerprint density at radius 2 is 1.92 bits per heavy atom. The Labute approximate surface area is 155 Å². The van der Waals surface area contributed by atoms with E-state index < -0.39 is 0 Å². The van der Waals surface area contributed by atoms with Crippen LogP contribution in [0.25, 0.3) is 11.3 Å². The first-order chi connectivity index (χ1) is 12.6. The van der Waals surface area contributed by atoms with Gasteiger partial charge in [0.05, 0.1) is 12.6 Å². The lowest BCUT2D eigenvalue weighted by molar-refractivity contribution is -0.138. The highest BCUT2D eigenvalue weighted by atomic mass is 16.5. The van der Waals surface area contributed by atoms with Crippen LogP contribution in [-0.4, -0.2) is 46.5 Å². The molecule has 138 valence electrons. The first kappa shape index (κ1) is 17.3. The third-order valence-electron chi connectivity index (χ3n) is 5.91. The van der Waals surface area contributed by atoms with Crippen LogP contribution < -0.4 is 0 Å². The summed E-state index contributed by atoms with van der Waals surface area (Å²) in [6, 6.07) is 10.0. The van der Waals surface area contributed by atoms with Crippen LogP contribution in [0.15, 0.2) is 34.9 Å². The minimum atomic E-state index is -0.0518. The van der Waals surface area contributed by atoms with E-state index in [1.54, 1.807) is 0 Å². The van der Waals surface area contributed by atoms with E-state index in [2.05, 4.69) is 23.9 Å². The smallest absolute Gasteiger partial charge is 0.239 e. The van der Waals surface area contributed by atoms with Gasteiger partial charge in [-0.25, -0.2) is 0 Å². The zero-order valence-corrected chi connectivity index (χ0v) is 15.6. The minimum absolute atomic E-state index is 0.0518. The van der Waals surface area contributed by atoms with E-state index in [1.807, 2.05) is 35.2 Å². The lowest BCUT2D eigenvalue weighted by atomic mass is 9.97. The third-order valence-corrected chi connectivity index (χ3v) is 5.91. The molecule has 0 saturated carbocycles. The molecule has 1 unspecified atom stereocenters. The van der Waals surface area contributed by atoms with Gasteiger partial charge in [0, 0.05) is 24.1 Å². The molecule has 0 N–H and O–H groups in total. The van der Waals surface area contributed by atoms with Crippen molar-refractivity contribution in [2.75, 3.05) is 19.6 Å². The second-order valence-electron chi connectivity index (χ2n) is 7.70. The molecule has 2 aliphatic heterocycles. The van der Waals surface area contributed by atoms with Crippen molar-refractivity contribution in [3.8, 4) is 11.3 Å². The van der Waals surface area contributed by atoms with Gasteiger partial charge in [-0.1, -0.05) is 42.4 Å². The van der Waals surface area contributed by atoms with E-state index in [4.69, 9.17) is 4.52 Å². The van der Waals surface area contributed by atoms with Gasteiger partial charge in [0.25, 0.3) is 0 Å². The number of aromatic nitrogens is 1. The Kier molecular flexibility index (Phi) is 4.81. The molecule has 0 radical (unpaired) electrons. The molecule has 26 heavy (non-hydrogen) atoms. The third kappa shape index (κ3) is 3.28. The molecule has 5 heteroatoms. The van der Waals surface area contributed by atoms with Gasteiger partial charge < -0.3 is 9.42 Å². The van der Waals surface area contributed by atoms with Gasteiger partial charge in [-0.05, 0) is 38.8 Å². The molecule has 5 nitrogen and oxygen atoms in total. The highest BCUT2D eigenvalue weighted by Crippen LogP contribution is 2.30. The number of carbonyl (C=O) groups is 1. The van der Waals surface area contributed by atoms with Crippen molar-refractivity contribution in [2.24, 2.45) is 5.92 Å². The van der Waals surface area contributed by atoms with Gasteiger partial charge in [-0.2, -0.15) is 0 Å². The van der Waals surface area contributed by atoms with Crippen LogP contribution in [0.5, 0.6) is 0 Å². The summed E-state index contributed by atoms with van der Waals surface area (Å²) >= 11 is 0. The first-order valence-electron chi connectivity index (χ1n) is 9.69. The predicted octanol–water partition coefficient (Wildman–Crippen LogP) is 3.35. The second-order valence-corrected chi connectivity index (χ2v) is 7.70. The van der Waals surface area contributed by atoms with Crippen LogP contribution >= 0.6 is 0 Å². The van der Waals surface area contributed by atoms with E-state index in [0.29, 0.717) is 13.1 Å². The highest BCUT2D eigenvalue weighted by molar-refractivity contribution is 5.82. The summed E-state index contributed by atoms with van der Waals surface area (Å²) in [5, 5.41) is 4.28. The van der Waals surface area contributed by atoms with E-state index in [9.17, 15) is 4.79 Å². The summed E-state index contributed by atoms with van der Waals surface area (Å²) < 4.78 is 5.56. The minimum Gasteiger partial charge on any atom is -0.360 e. The van der Waals surface area contributed by atoms with Crippen molar-refractivity contribution in [2.45, 2.75) is 45.7 Å². The monoisotopic (exact) mass is 353 g/mol. The van der Waals surface area contributed by atoms with Gasteiger partial charge in [0.15, 0.2) is 0 Å². The number of benzene rings is 1. The van der Waals surface area contributed by atoms with Crippen molar-refractivity contribution in [1.82, 2.24) is 15.0 Å². The fraction of sp³-hybridized carbons (Fsp3) is 0.524. The molecule has 2 aliphatic rings. The zero-order chi connectivity index (χ0) is 18.1. The Bertz CT molecular complexity index is 763. The summed E-state index contributed by atoms with van der Waals surface area (Å²) in [6.45, 7) is 7.71. The fourth-order valence-corrected chi connectivity index (χ4v) is 4.06. The van der Waals surface area contributed by atoms with Crippen LogP contribution in [0.1, 0.15) is 38.0 Å². The predicted molar refractivity (Wildman–Crippen MR) is 100 cm³/mol. The van der Waals surface area contributed by atoms with E-state index in [1.165, 1.54) is 12.8 Å². The van der Waals surface area contributed by atoms with Gasteiger partial charge in [0.1, 0.15) is 11.5 Å². The molecule has 1 aromatic carbocycles. The molecule has 1 amide bonds. The highest BCUT2D eigenvalue weighted by Gasteiger charge is 2.32. The van der Waals surface area contributed by atoms with Crippen molar-refractivity contribution in [3.63, 3.8) is 0 Å². The molecule has 4 rings (SSSR count). The summed E-state index contributed by atoms with van der Waals surface area (Å²) in [6.07, 6.45) is 3.11. The van der Waals surface area contributed by atoms with E-state index in [0.717, 1.165) is 48.0 Å². The molecule has 0 aliphatic carbocycles. The average Bonchev–Trinajstić information content (AvgIpc) is 3.11. The Hall–Kier alpha value is -2.14. The number of hydrogen-bond donors (Lipinski definition) is 0. The normalized spacial score (nSPS) is 20.0. The lowest BCUT2D eigenvalue weighted by Gasteiger charge is -2.37. The van der Waals surface area contributed by atoms with Gasteiger partial charge in [0.2, 0.25) is 5.91 Å². The van der Waals surface area contributed by atoms with Crippen LogP contribution in [0.4, 0.5) is 0 Å². The van der Waals surface area contributed by atoms with Gasteiger partial charge in [-0.15, -0.1) is 0 Å². The molecule has 1 atom stereocenters. The number of carbonyl (C=O) groups excluding carboxylic acids is 1. The van der Waals surface area contributed by atoms with Crippen molar-refractivity contribution >= 4 is 5.91 Å². The fourth-order valence-electron chi connectivity index (χ4n) is 4.06. The number of likely N-dealkylation sites (tertiary alicyclic amines) is 1. The largest absolute Gasteiger partial charge is 0.360 e. The standard InChI is InChI=1S/C21H27N3O2/c1-15-8-11-23(12-9-15)16(2)21(25)24-13-10-19-18(14-24)20(22-26-19)17-6-4-3-5-7-17/h3-7,15-16H,8-14H2,1-2H3. The van der Waals surface area contributed by atoms with Crippen LogP contribution in [0.3, 0.4) is 0 Å². The summed E-state index contributed by atoms with van der Waals surface area (Å²) in [5.74, 6) is 1.93. The van der Waals surface area contributed by atoms with Crippen molar-refractivity contribution in [1.29, 1.82) is 0 Å². The Morgan fingerprint density at radius 3 is 2.65 bits per heavy atom. The molecule has 3 heterocycles. The van der Waals surface area contributed by atoms with Crippen LogP contribution in [-0.2, 0) is 17.8 Å². The average molecular weight is 353 g/mol.